The van der Waals surface area contributed by atoms with E-state index in [-0.39, 0.29) is 12.0 Å². The van der Waals surface area contributed by atoms with Crippen LogP contribution >= 0.6 is 0 Å². The molecule has 0 aliphatic carbocycles. The van der Waals surface area contributed by atoms with Gasteiger partial charge in [-0.25, -0.2) is 4.79 Å². The highest BCUT2D eigenvalue weighted by Gasteiger charge is 2.14. The van der Waals surface area contributed by atoms with Gasteiger partial charge in [0.1, 0.15) is 6.29 Å². The number of rotatable bonds is 17. The van der Waals surface area contributed by atoms with E-state index in [9.17, 15) is 9.59 Å². The summed E-state index contributed by atoms with van der Waals surface area (Å²) in [5.41, 5.74) is 0.486. The molecule has 0 fully saturated rings. The quantitative estimate of drug-likeness (QED) is 0.117. The van der Waals surface area contributed by atoms with Gasteiger partial charge >= 0.3 is 5.97 Å². The Kier molecular flexibility index (Phi) is 25.9. The summed E-state index contributed by atoms with van der Waals surface area (Å²) in [5.74, 6) is -0.372. The van der Waals surface area contributed by atoms with Crippen LogP contribution in [-0.4, -0.2) is 73.5 Å². The van der Waals surface area contributed by atoms with Gasteiger partial charge in [0.05, 0.1) is 20.3 Å². The molecule has 0 amide bonds. The summed E-state index contributed by atoms with van der Waals surface area (Å²) in [6, 6.07) is 4.41. The third-order valence-corrected chi connectivity index (χ3v) is 4.83. The van der Waals surface area contributed by atoms with Gasteiger partial charge in [-0.15, -0.1) is 0 Å². The Labute approximate surface area is 216 Å². The summed E-state index contributed by atoms with van der Waals surface area (Å²) in [5, 5.41) is 26.5. The molecule has 0 radical (unpaired) electrons. The fraction of sp³-hybridized carbons (Fsp3) is 0.704. The minimum atomic E-state index is -1.39. The summed E-state index contributed by atoms with van der Waals surface area (Å²) < 4.78 is 19.7. The molecular weight excluding hydrogens is 468 g/mol. The van der Waals surface area contributed by atoms with Crippen LogP contribution in [0.1, 0.15) is 89.4 Å². The molecule has 9 nitrogen and oxygen atoms in total. The Hall–Kier alpha value is -2.20. The lowest BCUT2D eigenvalue weighted by Crippen LogP contribution is -2.26. The van der Waals surface area contributed by atoms with Crippen molar-refractivity contribution in [3.8, 4) is 11.5 Å². The maximum Gasteiger partial charge on any atom is 0.337 e. The number of carbonyl (C=O) groups is 2. The molecule has 9 heteroatoms. The summed E-state index contributed by atoms with van der Waals surface area (Å²) in [4.78, 5) is 21.2. The van der Waals surface area contributed by atoms with Crippen molar-refractivity contribution in [1.29, 1.82) is 0 Å². The van der Waals surface area contributed by atoms with Gasteiger partial charge in [-0.1, -0.05) is 51.9 Å². The summed E-state index contributed by atoms with van der Waals surface area (Å²) in [6.45, 7) is 9.22. The molecule has 3 N–H and O–H groups in total. The molecule has 1 aromatic carbocycles. The Bertz CT molecular complexity index is 646. The first kappa shape index (κ1) is 36.0. The molecule has 0 aliphatic heterocycles. The second-order valence-electron chi connectivity index (χ2n) is 7.87. The van der Waals surface area contributed by atoms with Crippen LogP contribution in [0.15, 0.2) is 18.2 Å². The standard InChI is InChI=1S/C13H26O4.C8H8O3.C6H14O2/c1-2-3-4-5-6-7-8-9-10-17-13(16)12(15)11-14;1-11-8-4-6(5-9)2-3-7(8)10;1-4-7-6(3)8-5-2/h12,14-15H,2-11H2,1H3;2-5,10H,1H3;6H,4-5H2,1-3H3. The van der Waals surface area contributed by atoms with Gasteiger partial charge in [-0.05, 0) is 45.4 Å². The third-order valence-electron chi connectivity index (χ3n) is 4.83. The van der Waals surface area contributed by atoms with E-state index in [4.69, 9.17) is 34.3 Å². The Morgan fingerprint density at radius 3 is 2.00 bits per heavy atom. The number of aromatic hydroxyl groups is 1. The topological polar surface area (TPSA) is 132 Å². The van der Waals surface area contributed by atoms with Crippen LogP contribution in [0.2, 0.25) is 0 Å². The maximum atomic E-state index is 10.9. The van der Waals surface area contributed by atoms with Crippen LogP contribution in [-0.2, 0) is 19.0 Å². The maximum absolute atomic E-state index is 10.9. The second kappa shape index (κ2) is 25.9. The Balaban J connectivity index is 0. The first-order valence-electron chi connectivity index (χ1n) is 12.8. The summed E-state index contributed by atoms with van der Waals surface area (Å²) >= 11 is 0. The smallest absolute Gasteiger partial charge is 0.337 e. The lowest BCUT2D eigenvalue weighted by molar-refractivity contribution is -0.155. The molecule has 1 rings (SSSR count). The fourth-order valence-corrected chi connectivity index (χ4v) is 2.86. The fourth-order valence-electron chi connectivity index (χ4n) is 2.86. The molecule has 0 saturated carbocycles. The van der Waals surface area contributed by atoms with Crippen molar-refractivity contribution in [3.63, 3.8) is 0 Å². The molecule has 1 atom stereocenters. The van der Waals surface area contributed by atoms with Crippen molar-refractivity contribution in [2.75, 3.05) is 33.5 Å². The van der Waals surface area contributed by atoms with E-state index in [1.165, 1.54) is 63.8 Å². The van der Waals surface area contributed by atoms with Crippen LogP contribution < -0.4 is 4.74 Å². The second-order valence-corrected chi connectivity index (χ2v) is 7.87. The average molecular weight is 517 g/mol. The molecule has 0 aliphatic rings. The minimum Gasteiger partial charge on any atom is -0.504 e. The van der Waals surface area contributed by atoms with E-state index in [0.717, 1.165) is 26.1 Å². The summed E-state index contributed by atoms with van der Waals surface area (Å²) in [6.07, 6.45) is 8.75. The number of hydrogen-bond acceptors (Lipinski definition) is 9. The van der Waals surface area contributed by atoms with Crippen molar-refractivity contribution in [3.05, 3.63) is 23.8 Å². The number of phenols is 1. The normalized spacial score (nSPS) is 11.0. The minimum absolute atomic E-state index is 0.0370. The highest BCUT2D eigenvalue weighted by Crippen LogP contribution is 2.25. The third kappa shape index (κ3) is 21.1. The predicted molar refractivity (Wildman–Crippen MR) is 139 cm³/mol. The first-order valence-corrected chi connectivity index (χ1v) is 12.8. The van der Waals surface area contributed by atoms with Gasteiger partial charge in [0.2, 0.25) is 0 Å². The van der Waals surface area contributed by atoms with Crippen molar-refractivity contribution in [2.45, 2.75) is 91.5 Å². The predicted octanol–water partition coefficient (Wildman–Crippen LogP) is 4.64. The number of benzene rings is 1. The molecule has 0 aromatic heterocycles. The van der Waals surface area contributed by atoms with Crippen LogP contribution in [0.4, 0.5) is 0 Å². The zero-order chi connectivity index (χ0) is 27.6. The van der Waals surface area contributed by atoms with E-state index >= 15 is 0 Å². The van der Waals surface area contributed by atoms with Crippen molar-refractivity contribution < 1.29 is 43.9 Å². The van der Waals surface area contributed by atoms with Crippen LogP contribution in [0, 0.1) is 0 Å². The number of methoxy groups -OCH3 is 1. The number of phenolic OH excluding ortho intramolecular Hbond substituents is 1. The molecule has 0 spiro atoms. The highest BCUT2D eigenvalue weighted by atomic mass is 16.7. The van der Waals surface area contributed by atoms with Gasteiger partial charge in [0, 0.05) is 18.8 Å². The molecule has 210 valence electrons. The van der Waals surface area contributed by atoms with Gasteiger partial charge in [-0.3, -0.25) is 4.79 Å². The molecule has 0 bridgehead atoms. The lowest BCUT2D eigenvalue weighted by Gasteiger charge is -2.09. The van der Waals surface area contributed by atoms with Gasteiger partial charge in [0.25, 0.3) is 0 Å². The number of hydrogen-bond donors (Lipinski definition) is 3. The van der Waals surface area contributed by atoms with Crippen molar-refractivity contribution in [2.24, 2.45) is 0 Å². The van der Waals surface area contributed by atoms with Crippen molar-refractivity contribution >= 4 is 12.3 Å². The number of unbranched alkanes of at least 4 members (excludes halogenated alkanes) is 7. The summed E-state index contributed by atoms with van der Waals surface area (Å²) in [7, 11) is 1.43. The average Bonchev–Trinajstić information content (AvgIpc) is 2.88. The van der Waals surface area contributed by atoms with E-state index in [1.54, 1.807) is 0 Å². The van der Waals surface area contributed by atoms with E-state index < -0.39 is 18.7 Å². The van der Waals surface area contributed by atoms with E-state index in [1.807, 2.05) is 20.8 Å². The molecule has 1 aromatic rings. The number of esters is 1. The largest absolute Gasteiger partial charge is 0.504 e. The van der Waals surface area contributed by atoms with Gasteiger partial charge in [0.15, 0.2) is 23.9 Å². The zero-order valence-electron chi connectivity index (χ0n) is 22.7. The lowest BCUT2D eigenvalue weighted by atomic mass is 10.1. The monoisotopic (exact) mass is 516 g/mol. The number of aliphatic hydroxyl groups excluding tert-OH is 2. The van der Waals surface area contributed by atoms with Gasteiger partial charge in [-0.2, -0.15) is 0 Å². The number of ether oxygens (including phenoxy) is 4. The Morgan fingerprint density at radius 2 is 1.53 bits per heavy atom. The number of aliphatic hydroxyl groups is 2. The molecule has 0 saturated heterocycles. The SMILES string of the molecule is CCCCCCCCCCOC(=O)C(O)CO.CCOC(C)OCC.COc1cc(C=O)ccc1O. The zero-order valence-corrected chi connectivity index (χ0v) is 22.7. The molecule has 1 unspecified atom stereocenters. The number of aldehydes is 1. The first-order chi connectivity index (χ1) is 17.3. The highest BCUT2D eigenvalue weighted by molar-refractivity contribution is 5.76. The van der Waals surface area contributed by atoms with Crippen LogP contribution in [0.5, 0.6) is 11.5 Å². The van der Waals surface area contributed by atoms with Gasteiger partial charge < -0.3 is 34.3 Å². The Morgan fingerprint density at radius 1 is 0.972 bits per heavy atom. The van der Waals surface area contributed by atoms with E-state index in [2.05, 4.69) is 6.92 Å². The van der Waals surface area contributed by atoms with E-state index in [0.29, 0.717) is 24.2 Å². The molecular formula is C27H48O9. The number of carbonyl (C=O) groups excluding carboxylic acids is 2. The van der Waals surface area contributed by atoms with Crippen molar-refractivity contribution in [1.82, 2.24) is 0 Å². The van der Waals surface area contributed by atoms with Crippen LogP contribution in [0.25, 0.3) is 0 Å². The van der Waals surface area contributed by atoms with Crippen LogP contribution in [0.3, 0.4) is 0 Å². The molecule has 36 heavy (non-hydrogen) atoms. The molecule has 0 heterocycles.